The molecule has 1 atom stereocenters. The van der Waals surface area contributed by atoms with Gasteiger partial charge in [-0.1, -0.05) is 66.7 Å². The molecule has 0 radical (unpaired) electrons. The molecule has 1 aliphatic heterocycles. The number of fused-ring (bicyclic) bond motifs is 3. The number of benzene rings is 4. The molecule has 0 N–H and O–H groups in total. The van der Waals surface area contributed by atoms with E-state index in [1.165, 1.54) is 0 Å². The van der Waals surface area contributed by atoms with Crippen LogP contribution in [0.1, 0.15) is 22.6 Å². The van der Waals surface area contributed by atoms with Crippen LogP contribution in [0.2, 0.25) is 0 Å². The number of aliphatic imine (C=N–C) groups is 1. The molecule has 1 heterocycles. The first-order valence-electron chi connectivity index (χ1n) is 10.4. The molecule has 0 amide bonds. The van der Waals surface area contributed by atoms with Gasteiger partial charge in [0.25, 0.3) is 0 Å². The average Bonchev–Trinajstić information content (AvgIpc) is 2.87. The quantitative estimate of drug-likeness (QED) is 0.371. The highest BCUT2D eigenvalue weighted by molar-refractivity contribution is 5.91. The minimum Gasteiger partial charge on any atom is -0.497 e. The molecule has 1 unspecified atom stereocenters. The summed E-state index contributed by atoms with van der Waals surface area (Å²) in [7, 11) is 1.63. The molecular formula is C28H20N2O2. The van der Waals surface area contributed by atoms with Crippen LogP contribution in [-0.2, 0) is 0 Å². The van der Waals surface area contributed by atoms with Crippen LogP contribution in [0, 0.1) is 11.3 Å². The van der Waals surface area contributed by atoms with Crippen molar-refractivity contribution in [2.75, 3.05) is 7.11 Å². The monoisotopic (exact) mass is 416 g/mol. The van der Waals surface area contributed by atoms with Crippen molar-refractivity contribution >= 4 is 17.0 Å². The van der Waals surface area contributed by atoms with E-state index in [0.29, 0.717) is 11.5 Å². The molecule has 4 nitrogen and oxygen atoms in total. The fraction of sp³-hybridized carbons (Fsp3) is 0.0714. The molecule has 0 spiro atoms. The number of rotatable bonds is 4. The van der Waals surface area contributed by atoms with Crippen molar-refractivity contribution in [3.63, 3.8) is 0 Å². The molecule has 32 heavy (non-hydrogen) atoms. The van der Waals surface area contributed by atoms with Crippen LogP contribution in [0.5, 0.6) is 11.5 Å². The third kappa shape index (κ3) is 3.51. The minimum atomic E-state index is -0.252. The van der Waals surface area contributed by atoms with Crippen LogP contribution in [0.3, 0.4) is 0 Å². The average molecular weight is 416 g/mol. The number of nitrogens with zero attached hydrogens (tertiary/aromatic N) is 2. The molecule has 5 rings (SSSR count). The summed E-state index contributed by atoms with van der Waals surface area (Å²) in [5.41, 5.74) is 3.37. The second-order valence-electron chi connectivity index (χ2n) is 7.51. The number of allylic oxidation sites excluding steroid dienone is 1. The van der Waals surface area contributed by atoms with Gasteiger partial charge < -0.3 is 9.47 Å². The van der Waals surface area contributed by atoms with Gasteiger partial charge in [0, 0.05) is 17.2 Å². The fourth-order valence-corrected chi connectivity index (χ4v) is 4.05. The Bertz CT molecular complexity index is 1380. The lowest BCUT2D eigenvalue weighted by Crippen LogP contribution is -2.16. The van der Waals surface area contributed by atoms with E-state index in [4.69, 9.17) is 9.47 Å². The van der Waals surface area contributed by atoms with Crippen LogP contribution >= 0.6 is 0 Å². The van der Waals surface area contributed by atoms with Gasteiger partial charge in [-0.3, -0.25) is 0 Å². The summed E-state index contributed by atoms with van der Waals surface area (Å²) in [5.74, 6) is 1.59. The van der Waals surface area contributed by atoms with Crippen molar-refractivity contribution in [3.8, 4) is 17.6 Å². The molecule has 0 saturated carbocycles. The number of ether oxygens (including phenoxy) is 2. The summed E-state index contributed by atoms with van der Waals surface area (Å²) in [5, 5.41) is 12.2. The third-order valence-electron chi connectivity index (χ3n) is 5.64. The van der Waals surface area contributed by atoms with Crippen molar-refractivity contribution in [1.29, 1.82) is 5.26 Å². The molecule has 0 aliphatic carbocycles. The second kappa shape index (κ2) is 8.41. The van der Waals surface area contributed by atoms with E-state index in [2.05, 4.69) is 29.3 Å². The van der Waals surface area contributed by atoms with Gasteiger partial charge in [-0.25, -0.2) is 4.99 Å². The first-order valence-corrected chi connectivity index (χ1v) is 10.4. The lowest BCUT2D eigenvalue weighted by atomic mass is 9.82. The van der Waals surface area contributed by atoms with Gasteiger partial charge in [0.05, 0.1) is 13.0 Å². The largest absolute Gasteiger partial charge is 0.497 e. The summed E-state index contributed by atoms with van der Waals surface area (Å²) in [6, 6.07) is 32.2. The van der Waals surface area contributed by atoms with Gasteiger partial charge in [-0.15, -0.1) is 0 Å². The highest BCUT2D eigenvalue weighted by atomic mass is 16.5. The van der Waals surface area contributed by atoms with E-state index < -0.39 is 0 Å². The Labute approximate surface area is 186 Å². The summed E-state index contributed by atoms with van der Waals surface area (Å²) >= 11 is 0. The SMILES string of the molecule is COc1ccc(/C=N/C2=C(C#N)C(c3ccccc3)c3ccc4ccccc4c3O2)cc1. The van der Waals surface area contributed by atoms with Gasteiger partial charge >= 0.3 is 0 Å². The van der Waals surface area contributed by atoms with E-state index in [1.807, 2.05) is 72.8 Å². The maximum Gasteiger partial charge on any atom is 0.234 e. The zero-order valence-electron chi connectivity index (χ0n) is 17.5. The van der Waals surface area contributed by atoms with Crippen LogP contribution in [0.4, 0.5) is 0 Å². The van der Waals surface area contributed by atoms with E-state index in [0.717, 1.165) is 39.0 Å². The normalized spacial score (nSPS) is 15.3. The van der Waals surface area contributed by atoms with Crippen LogP contribution in [-0.4, -0.2) is 13.3 Å². The van der Waals surface area contributed by atoms with Crippen LogP contribution in [0.15, 0.2) is 107 Å². The maximum atomic E-state index is 10.1. The van der Waals surface area contributed by atoms with E-state index in [9.17, 15) is 5.26 Å². The Hall–Kier alpha value is -4.36. The molecule has 0 fully saturated rings. The summed E-state index contributed by atoms with van der Waals surface area (Å²) in [6.45, 7) is 0. The molecule has 4 aromatic rings. The van der Waals surface area contributed by atoms with Crippen molar-refractivity contribution < 1.29 is 9.47 Å². The number of nitriles is 1. The van der Waals surface area contributed by atoms with Crippen LogP contribution in [0.25, 0.3) is 10.8 Å². The smallest absolute Gasteiger partial charge is 0.234 e. The van der Waals surface area contributed by atoms with Crippen molar-refractivity contribution in [2.45, 2.75) is 5.92 Å². The molecule has 0 saturated heterocycles. The Morgan fingerprint density at radius 2 is 1.66 bits per heavy atom. The topological polar surface area (TPSA) is 54.6 Å². The number of hydrogen-bond donors (Lipinski definition) is 0. The Morgan fingerprint density at radius 1 is 0.906 bits per heavy atom. The summed E-state index contributed by atoms with van der Waals surface area (Å²) in [6.07, 6.45) is 1.71. The fourth-order valence-electron chi connectivity index (χ4n) is 4.05. The van der Waals surface area contributed by atoms with Crippen molar-refractivity contribution in [1.82, 2.24) is 0 Å². The third-order valence-corrected chi connectivity index (χ3v) is 5.64. The van der Waals surface area contributed by atoms with E-state index in [1.54, 1.807) is 13.3 Å². The molecule has 154 valence electrons. The minimum absolute atomic E-state index is 0.252. The van der Waals surface area contributed by atoms with Gasteiger partial charge in [0.2, 0.25) is 5.88 Å². The van der Waals surface area contributed by atoms with Crippen molar-refractivity contribution in [3.05, 3.63) is 119 Å². The van der Waals surface area contributed by atoms with Gasteiger partial charge in [0.15, 0.2) is 0 Å². The summed E-state index contributed by atoms with van der Waals surface area (Å²) < 4.78 is 11.5. The van der Waals surface area contributed by atoms with Gasteiger partial charge in [-0.2, -0.15) is 5.26 Å². The molecule has 0 bridgehead atoms. The van der Waals surface area contributed by atoms with E-state index >= 15 is 0 Å². The van der Waals surface area contributed by atoms with Gasteiger partial charge in [-0.05, 0) is 40.8 Å². The molecule has 0 aromatic heterocycles. The number of hydrogen-bond acceptors (Lipinski definition) is 4. The maximum absolute atomic E-state index is 10.1. The highest BCUT2D eigenvalue weighted by Gasteiger charge is 2.32. The van der Waals surface area contributed by atoms with Crippen molar-refractivity contribution in [2.24, 2.45) is 4.99 Å². The first kappa shape index (κ1) is 19.6. The lowest BCUT2D eigenvalue weighted by Gasteiger charge is -2.27. The Balaban J connectivity index is 1.67. The molecule has 4 aromatic carbocycles. The standard InChI is InChI=1S/C28H20N2O2/c1-31-22-14-11-19(12-15-22)18-30-28-25(17-29)26(21-8-3-2-4-9-21)24-16-13-20-7-5-6-10-23(20)27(24)32-28/h2-16,18,26H,1H3/b30-18+. The summed E-state index contributed by atoms with van der Waals surface area (Å²) in [4.78, 5) is 4.61. The zero-order valence-corrected chi connectivity index (χ0v) is 17.5. The zero-order chi connectivity index (χ0) is 21.9. The molecule has 4 heteroatoms. The molecular weight excluding hydrogens is 396 g/mol. The Kier molecular flexibility index (Phi) is 5.15. The number of methoxy groups -OCH3 is 1. The molecule has 1 aliphatic rings. The second-order valence-corrected chi connectivity index (χ2v) is 7.51. The van der Waals surface area contributed by atoms with Gasteiger partial charge in [0.1, 0.15) is 23.1 Å². The first-order chi connectivity index (χ1) is 15.8. The lowest BCUT2D eigenvalue weighted by molar-refractivity contribution is 0.400. The Morgan fingerprint density at radius 3 is 2.41 bits per heavy atom. The predicted octanol–water partition coefficient (Wildman–Crippen LogP) is 6.23. The van der Waals surface area contributed by atoms with E-state index in [-0.39, 0.29) is 5.92 Å². The highest BCUT2D eigenvalue weighted by Crippen LogP contribution is 2.46. The predicted molar refractivity (Wildman–Crippen MR) is 126 cm³/mol. The van der Waals surface area contributed by atoms with Crippen LogP contribution < -0.4 is 9.47 Å².